The highest BCUT2D eigenvalue weighted by Crippen LogP contribution is 2.27. The summed E-state index contributed by atoms with van der Waals surface area (Å²) < 4.78 is 0. The van der Waals surface area contributed by atoms with Gasteiger partial charge in [0, 0.05) is 17.3 Å². The fraction of sp³-hybridized carbons (Fsp3) is 0.615. The van der Waals surface area contributed by atoms with Crippen LogP contribution >= 0.6 is 11.3 Å². The zero-order valence-electron chi connectivity index (χ0n) is 10.3. The van der Waals surface area contributed by atoms with Crippen molar-refractivity contribution in [2.45, 2.75) is 46.1 Å². The van der Waals surface area contributed by atoms with Gasteiger partial charge in [0.2, 0.25) is 0 Å². The number of nitrogens with one attached hydrogen (secondary N) is 1. The molecule has 0 saturated carbocycles. The normalized spacial score (nSPS) is 12.4. The maximum absolute atomic E-state index is 5.34. The van der Waals surface area contributed by atoms with Crippen molar-refractivity contribution >= 4 is 11.3 Å². The Balaban J connectivity index is 2.74. The molecule has 1 heterocycles. The Labute approximate surface area is 102 Å². The SMILES string of the molecule is C#CCCC(NCCC)c1sc(C)nc1C. The Morgan fingerprint density at radius 2 is 2.25 bits per heavy atom. The van der Waals surface area contributed by atoms with Crippen molar-refractivity contribution in [1.29, 1.82) is 0 Å². The number of aryl methyl sites for hydroxylation is 2. The molecule has 0 saturated heterocycles. The molecule has 0 fully saturated rings. The summed E-state index contributed by atoms with van der Waals surface area (Å²) in [5, 5.41) is 4.69. The van der Waals surface area contributed by atoms with E-state index < -0.39 is 0 Å². The second kappa shape index (κ2) is 6.67. The molecule has 1 rings (SSSR count). The van der Waals surface area contributed by atoms with E-state index in [0.717, 1.165) is 36.5 Å². The van der Waals surface area contributed by atoms with Gasteiger partial charge in [0.05, 0.1) is 10.7 Å². The van der Waals surface area contributed by atoms with Gasteiger partial charge in [0.25, 0.3) is 0 Å². The second-order valence-corrected chi connectivity index (χ2v) is 5.17. The molecule has 0 aliphatic heterocycles. The van der Waals surface area contributed by atoms with Crippen LogP contribution in [0.5, 0.6) is 0 Å². The third-order valence-corrected chi connectivity index (χ3v) is 3.66. The van der Waals surface area contributed by atoms with Gasteiger partial charge in [-0.2, -0.15) is 0 Å². The molecule has 0 aliphatic carbocycles. The van der Waals surface area contributed by atoms with E-state index in [2.05, 4.69) is 37.0 Å². The quantitative estimate of drug-likeness (QED) is 0.767. The van der Waals surface area contributed by atoms with Crippen molar-refractivity contribution in [3.8, 4) is 12.3 Å². The molecule has 0 aromatic carbocycles. The van der Waals surface area contributed by atoms with Crippen molar-refractivity contribution in [2.24, 2.45) is 0 Å². The van der Waals surface area contributed by atoms with Crippen LogP contribution in [0.25, 0.3) is 0 Å². The average Bonchev–Trinajstić information content (AvgIpc) is 2.58. The summed E-state index contributed by atoms with van der Waals surface area (Å²) in [5.41, 5.74) is 1.15. The summed E-state index contributed by atoms with van der Waals surface area (Å²) in [5.74, 6) is 2.71. The monoisotopic (exact) mass is 236 g/mol. The van der Waals surface area contributed by atoms with Crippen LogP contribution in [0.3, 0.4) is 0 Å². The summed E-state index contributed by atoms with van der Waals surface area (Å²) >= 11 is 1.78. The molecule has 1 aromatic rings. The molecule has 0 aliphatic rings. The molecule has 1 atom stereocenters. The first-order valence-corrected chi connectivity index (χ1v) is 6.61. The fourth-order valence-electron chi connectivity index (χ4n) is 1.74. The third-order valence-electron chi connectivity index (χ3n) is 2.47. The van der Waals surface area contributed by atoms with Crippen LogP contribution in [0, 0.1) is 26.2 Å². The molecule has 0 amide bonds. The number of nitrogens with zero attached hydrogens (tertiary/aromatic N) is 1. The lowest BCUT2D eigenvalue weighted by Gasteiger charge is -2.16. The van der Waals surface area contributed by atoms with Crippen molar-refractivity contribution in [3.05, 3.63) is 15.6 Å². The van der Waals surface area contributed by atoms with E-state index in [9.17, 15) is 0 Å². The van der Waals surface area contributed by atoms with E-state index in [0.29, 0.717) is 6.04 Å². The minimum atomic E-state index is 0.377. The smallest absolute Gasteiger partial charge is 0.0900 e. The predicted octanol–water partition coefficient (Wildman–Crippen LogP) is 3.21. The molecule has 0 spiro atoms. The molecule has 3 heteroatoms. The molecular formula is C13H20N2S. The topological polar surface area (TPSA) is 24.9 Å². The maximum atomic E-state index is 5.34. The lowest BCUT2D eigenvalue weighted by Crippen LogP contribution is -2.21. The summed E-state index contributed by atoms with van der Waals surface area (Å²) in [7, 11) is 0. The summed E-state index contributed by atoms with van der Waals surface area (Å²) in [6, 6.07) is 0.377. The average molecular weight is 236 g/mol. The van der Waals surface area contributed by atoms with Crippen molar-refractivity contribution in [1.82, 2.24) is 10.3 Å². The van der Waals surface area contributed by atoms with Crippen LogP contribution in [0.2, 0.25) is 0 Å². The van der Waals surface area contributed by atoms with Crippen molar-refractivity contribution < 1.29 is 0 Å². The van der Waals surface area contributed by atoms with Gasteiger partial charge in [-0.3, -0.25) is 0 Å². The minimum Gasteiger partial charge on any atom is -0.309 e. The molecule has 1 unspecified atom stereocenters. The van der Waals surface area contributed by atoms with E-state index in [1.807, 2.05) is 0 Å². The van der Waals surface area contributed by atoms with E-state index in [1.165, 1.54) is 4.88 Å². The standard InChI is InChI=1S/C13H20N2S/c1-5-7-8-12(14-9-6-2)13-10(3)15-11(4)16-13/h1,12,14H,6-9H2,2-4H3. The van der Waals surface area contributed by atoms with Gasteiger partial charge in [-0.25, -0.2) is 4.98 Å². The van der Waals surface area contributed by atoms with Gasteiger partial charge in [0.1, 0.15) is 0 Å². The van der Waals surface area contributed by atoms with E-state index in [-0.39, 0.29) is 0 Å². The Morgan fingerprint density at radius 3 is 2.75 bits per heavy atom. The van der Waals surface area contributed by atoms with Crippen LogP contribution in [0.4, 0.5) is 0 Å². The molecule has 88 valence electrons. The Bertz CT molecular complexity index is 362. The molecular weight excluding hydrogens is 216 g/mol. The summed E-state index contributed by atoms with van der Waals surface area (Å²) in [6.45, 7) is 7.34. The van der Waals surface area contributed by atoms with E-state index in [4.69, 9.17) is 6.42 Å². The highest BCUT2D eigenvalue weighted by Gasteiger charge is 2.15. The van der Waals surface area contributed by atoms with Crippen molar-refractivity contribution in [3.63, 3.8) is 0 Å². The lowest BCUT2D eigenvalue weighted by molar-refractivity contribution is 0.510. The molecule has 16 heavy (non-hydrogen) atoms. The first-order chi connectivity index (χ1) is 7.69. The minimum absolute atomic E-state index is 0.377. The zero-order valence-corrected chi connectivity index (χ0v) is 11.2. The molecule has 0 radical (unpaired) electrons. The Kier molecular flexibility index (Phi) is 5.51. The number of rotatable bonds is 6. The van der Waals surface area contributed by atoms with Crippen molar-refractivity contribution in [2.75, 3.05) is 6.54 Å². The van der Waals surface area contributed by atoms with E-state index in [1.54, 1.807) is 11.3 Å². The van der Waals surface area contributed by atoms with Gasteiger partial charge >= 0.3 is 0 Å². The van der Waals surface area contributed by atoms with Crippen LogP contribution in [0.15, 0.2) is 0 Å². The summed E-state index contributed by atoms with van der Waals surface area (Å²) in [6.07, 6.45) is 8.30. The highest BCUT2D eigenvalue weighted by atomic mass is 32.1. The van der Waals surface area contributed by atoms with Crippen LogP contribution in [-0.2, 0) is 0 Å². The fourth-order valence-corrected chi connectivity index (χ4v) is 2.78. The largest absolute Gasteiger partial charge is 0.309 e. The van der Waals surface area contributed by atoms with Crippen LogP contribution < -0.4 is 5.32 Å². The first-order valence-electron chi connectivity index (χ1n) is 5.79. The van der Waals surface area contributed by atoms with Crippen LogP contribution in [-0.4, -0.2) is 11.5 Å². The predicted molar refractivity (Wildman–Crippen MR) is 70.7 cm³/mol. The zero-order chi connectivity index (χ0) is 12.0. The van der Waals surface area contributed by atoms with E-state index >= 15 is 0 Å². The number of hydrogen-bond donors (Lipinski definition) is 1. The molecule has 1 aromatic heterocycles. The highest BCUT2D eigenvalue weighted by molar-refractivity contribution is 7.11. The number of thiazole rings is 1. The molecule has 1 N–H and O–H groups in total. The Morgan fingerprint density at radius 1 is 1.50 bits per heavy atom. The lowest BCUT2D eigenvalue weighted by atomic mass is 10.1. The van der Waals surface area contributed by atoms with Crippen LogP contribution in [0.1, 0.15) is 47.8 Å². The molecule has 2 nitrogen and oxygen atoms in total. The van der Waals surface area contributed by atoms with Gasteiger partial charge in [0.15, 0.2) is 0 Å². The Hall–Kier alpha value is -0.850. The summed E-state index contributed by atoms with van der Waals surface area (Å²) in [4.78, 5) is 5.82. The van der Waals surface area contributed by atoms with Gasteiger partial charge in [-0.1, -0.05) is 6.92 Å². The number of hydrogen-bond acceptors (Lipinski definition) is 3. The maximum Gasteiger partial charge on any atom is 0.0900 e. The van der Waals surface area contributed by atoms with Gasteiger partial charge < -0.3 is 5.32 Å². The van der Waals surface area contributed by atoms with Gasteiger partial charge in [-0.05, 0) is 33.2 Å². The van der Waals surface area contributed by atoms with Gasteiger partial charge in [-0.15, -0.1) is 23.7 Å². The number of terminal acetylenes is 1. The second-order valence-electron chi connectivity index (χ2n) is 3.93. The first kappa shape index (κ1) is 13.2. The molecule has 0 bridgehead atoms. The number of aromatic nitrogens is 1. The third kappa shape index (κ3) is 3.62.